The molecule has 0 nitrogen and oxygen atoms in total. The van der Waals surface area contributed by atoms with Crippen LogP contribution in [0.2, 0.25) is 0 Å². The normalized spacial score (nSPS) is 21.1. The third-order valence-corrected chi connectivity index (χ3v) is 4.50. The van der Waals surface area contributed by atoms with Gasteiger partial charge in [0.1, 0.15) is 0 Å². The summed E-state index contributed by atoms with van der Waals surface area (Å²) >= 11 is 1.86. The van der Waals surface area contributed by atoms with Gasteiger partial charge in [0.05, 0.1) is 0 Å². The van der Waals surface area contributed by atoms with Gasteiger partial charge in [-0.3, -0.25) is 0 Å². The van der Waals surface area contributed by atoms with E-state index in [4.69, 9.17) is 0 Å². The Bertz CT molecular complexity index is 494. The largest absolute Gasteiger partial charge is 0.129 e. The van der Waals surface area contributed by atoms with Crippen LogP contribution in [0.4, 0.5) is 0 Å². The van der Waals surface area contributed by atoms with Crippen molar-refractivity contribution in [3.05, 3.63) is 65.1 Å². The maximum Gasteiger partial charge on any atom is 0.0108 e. The lowest BCUT2D eigenvalue weighted by Crippen LogP contribution is -2.10. The summed E-state index contributed by atoms with van der Waals surface area (Å²) in [5.41, 5.74) is 2.73. The fraction of sp³-hybridized carbons (Fsp3) is 0.333. The van der Waals surface area contributed by atoms with Crippen LogP contribution in [-0.2, 0) is 0 Å². The van der Waals surface area contributed by atoms with Gasteiger partial charge in [-0.05, 0) is 42.6 Å². The molecule has 0 saturated heterocycles. The lowest BCUT2D eigenvalue weighted by molar-refractivity contribution is 0.514. The first kappa shape index (κ1) is 14.2. The monoisotopic (exact) mass is 270 g/mol. The molecule has 0 spiro atoms. The number of thioether (sulfide) groups is 1. The van der Waals surface area contributed by atoms with Crippen molar-refractivity contribution in [2.24, 2.45) is 11.8 Å². The van der Waals surface area contributed by atoms with Gasteiger partial charge in [-0.2, -0.15) is 0 Å². The first-order valence-electron chi connectivity index (χ1n) is 6.90. The van der Waals surface area contributed by atoms with Crippen LogP contribution in [-0.4, -0.2) is 6.26 Å². The van der Waals surface area contributed by atoms with Gasteiger partial charge in [-0.1, -0.05) is 61.6 Å². The molecule has 0 aliphatic heterocycles. The Morgan fingerprint density at radius 3 is 2.63 bits per heavy atom. The minimum absolute atomic E-state index is 0.612. The van der Waals surface area contributed by atoms with Gasteiger partial charge < -0.3 is 0 Å². The summed E-state index contributed by atoms with van der Waals surface area (Å²) < 4.78 is 0. The van der Waals surface area contributed by atoms with Crippen molar-refractivity contribution in [2.45, 2.75) is 20.3 Å². The first-order valence-corrected chi connectivity index (χ1v) is 8.13. The van der Waals surface area contributed by atoms with Crippen LogP contribution in [0, 0.1) is 11.8 Å². The molecule has 19 heavy (non-hydrogen) atoms. The van der Waals surface area contributed by atoms with Crippen molar-refractivity contribution in [1.82, 2.24) is 0 Å². The molecule has 0 fully saturated rings. The Labute approximate surface area is 121 Å². The quantitative estimate of drug-likeness (QED) is 0.646. The minimum Gasteiger partial charge on any atom is -0.129 e. The second kappa shape index (κ2) is 6.81. The number of benzene rings is 1. The van der Waals surface area contributed by atoms with Gasteiger partial charge >= 0.3 is 0 Å². The standard InChI is InChI=1S/C18H22S/c1-4-8-14(2)16-11-12-17(18(13-16)19-3)15-9-6-5-7-10-15/h4-10,12-14,16H,11H2,1-3H3. The molecule has 0 heterocycles. The van der Waals surface area contributed by atoms with Crippen LogP contribution in [0.25, 0.3) is 5.57 Å². The highest BCUT2D eigenvalue weighted by molar-refractivity contribution is 8.03. The van der Waals surface area contributed by atoms with Crippen LogP contribution in [0.15, 0.2) is 59.5 Å². The molecule has 2 unspecified atom stereocenters. The molecule has 2 rings (SSSR count). The van der Waals surface area contributed by atoms with Crippen molar-refractivity contribution >= 4 is 17.3 Å². The van der Waals surface area contributed by atoms with Crippen molar-refractivity contribution in [1.29, 1.82) is 0 Å². The smallest absolute Gasteiger partial charge is 0.0108 e. The molecule has 1 aliphatic carbocycles. The Balaban J connectivity index is 2.24. The van der Waals surface area contributed by atoms with E-state index < -0.39 is 0 Å². The molecule has 2 atom stereocenters. The van der Waals surface area contributed by atoms with Crippen molar-refractivity contribution in [3.8, 4) is 0 Å². The van der Waals surface area contributed by atoms with E-state index in [0.717, 1.165) is 6.42 Å². The number of hydrogen-bond donors (Lipinski definition) is 0. The van der Waals surface area contributed by atoms with Gasteiger partial charge in [0.15, 0.2) is 0 Å². The van der Waals surface area contributed by atoms with Gasteiger partial charge in [0.25, 0.3) is 0 Å². The summed E-state index contributed by atoms with van der Waals surface area (Å²) in [6.07, 6.45) is 12.6. The van der Waals surface area contributed by atoms with Gasteiger partial charge in [0, 0.05) is 4.91 Å². The van der Waals surface area contributed by atoms with E-state index in [9.17, 15) is 0 Å². The molecule has 1 aliphatic rings. The van der Waals surface area contributed by atoms with Crippen LogP contribution in [0.5, 0.6) is 0 Å². The maximum atomic E-state index is 2.46. The van der Waals surface area contributed by atoms with Gasteiger partial charge in [-0.25, -0.2) is 0 Å². The van der Waals surface area contributed by atoms with E-state index >= 15 is 0 Å². The van der Waals surface area contributed by atoms with Crippen molar-refractivity contribution in [2.75, 3.05) is 6.26 Å². The van der Waals surface area contributed by atoms with Gasteiger partial charge in [0.2, 0.25) is 0 Å². The first-order chi connectivity index (χ1) is 9.26. The molecule has 100 valence electrons. The summed E-state index contributed by atoms with van der Waals surface area (Å²) in [4.78, 5) is 1.42. The second-order valence-electron chi connectivity index (χ2n) is 5.00. The van der Waals surface area contributed by atoms with E-state index in [1.165, 1.54) is 16.0 Å². The fourth-order valence-corrected chi connectivity index (χ4v) is 3.31. The van der Waals surface area contributed by atoms with Crippen molar-refractivity contribution < 1.29 is 0 Å². The summed E-state index contributed by atoms with van der Waals surface area (Å²) in [6.45, 7) is 4.41. The van der Waals surface area contributed by atoms with E-state index in [0.29, 0.717) is 11.8 Å². The molecule has 1 aromatic rings. The fourth-order valence-electron chi connectivity index (χ4n) is 2.58. The Kier molecular flexibility index (Phi) is 5.09. The summed E-state index contributed by atoms with van der Waals surface area (Å²) in [5, 5.41) is 0. The Morgan fingerprint density at radius 1 is 1.26 bits per heavy atom. The van der Waals surface area contributed by atoms with Gasteiger partial charge in [-0.15, -0.1) is 11.8 Å². The molecule has 1 heteroatoms. The molecule has 0 amide bonds. The molecular formula is C18H22S. The zero-order chi connectivity index (χ0) is 13.7. The molecule has 0 N–H and O–H groups in total. The molecule has 0 radical (unpaired) electrons. The molecule has 0 bridgehead atoms. The highest BCUT2D eigenvalue weighted by Crippen LogP contribution is 2.38. The third-order valence-electron chi connectivity index (χ3n) is 3.70. The van der Waals surface area contributed by atoms with Crippen molar-refractivity contribution in [3.63, 3.8) is 0 Å². The highest BCUT2D eigenvalue weighted by atomic mass is 32.2. The SMILES string of the molecule is CC=CC(C)C1C=C(SC)C(c2ccccc2)=CC1. The third kappa shape index (κ3) is 3.42. The number of hydrogen-bond acceptors (Lipinski definition) is 1. The predicted molar refractivity (Wildman–Crippen MR) is 88.1 cm³/mol. The lowest BCUT2D eigenvalue weighted by atomic mass is 9.85. The summed E-state index contributed by atoms with van der Waals surface area (Å²) in [6, 6.07) is 10.7. The lowest BCUT2D eigenvalue weighted by Gasteiger charge is -2.24. The van der Waals surface area contributed by atoms with E-state index in [1.54, 1.807) is 0 Å². The topological polar surface area (TPSA) is 0 Å². The summed E-state index contributed by atoms with van der Waals surface area (Å²) in [5.74, 6) is 1.24. The van der Waals surface area contributed by atoms with Crippen LogP contribution < -0.4 is 0 Å². The average Bonchev–Trinajstić information content (AvgIpc) is 2.47. The molecule has 0 saturated carbocycles. The number of allylic oxidation sites excluding steroid dienone is 5. The molecule has 1 aromatic carbocycles. The highest BCUT2D eigenvalue weighted by Gasteiger charge is 2.19. The molecule has 0 aromatic heterocycles. The predicted octanol–water partition coefficient (Wildman–Crippen LogP) is 5.55. The minimum atomic E-state index is 0.612. The average molecular weight is 270 g/mol. The van der Waals surface area contributed by atoms with Crippen LogP contribution in [0.1, 0.15) is 25.8 Å². The zero-order valence-corrected chi connectivity index (χ0v) is 12.8. The Hall–Kier alpha value is -1.21. The maximum absolute atomic E-state index is 2.46. The molecular weight excluding hydrogens is 248 g/mol. The van der Waals surface area contributed by atoms with Crippen LogP contribution in [0.3, 0.4) is 0 Å². The van der Waals surface area contributed by atoms with E-state index in [1.807, 2.05) is 11.8 Å². The second-order valence-corrected chi connectivity index (χ2v) is 5.85. The van der Waals surface area contributed by atoms with Crippen LogP contribution >= 0.6 is 11.8 Å². The Morgan fingerprint density at radius 2 is 2.00 bits per heavy atom. The zero-order valence-electron chi connectivity index (χ0n) is 12.0. The number of rotatable bonds is 4. The van der Waals surface area contributed by atoms with E-state index in [2.05, 4.69) is 74.7 Å². The van der Waals surface area contributed by atoms with E-state index in [-0.39, 0.29) is 0 Å². The summed E-state index contributed by atoms with van der Waals surface area (Å²) in [7, 11) is 0.